The fourth-order valence-corrected chi connectivity index (χ4v) is 2.87. The minimum absolute atomic E-state index is 1.02. The molecule has 0 atom stereocenters. The second-order valence-corrected chi connectivity index (χ2v) is 5.28. The molecule has 0 aromatic carbocycles. The molecular formula is C13H27N3. The summed E-state index contributed by atoms with van der Waals surface area (Å²) < 4.78 is 0. The Hall–Kier alpha value is -0.120. The second-order valence-electron chi connectivity index (χ2n) is 5.28. The summed E-state index contributed by atoms with van der Waals surface area (Å²) in [5.41, 5.74) is 0. The smallest absolute Gasteiger partial charge is 0.0107 e. The third-order valence-electron chi connectivity index (χ3n) is 4.01. The van der Waals surface area contributed by atoms with Gasteiger partial charge in [-0.15, -0.1) is 0 Å². The van der Waals surface area contributed by atoms with Gasteiger partial charge in [-0.25, -0.2) is 0 Å². The third kappa shape index (κ3) is 4.40. The van der Waals surface area contributed by atoms with Crippen LogP contribution < -0.4 is 10.6 Å². The Balaban J connectivity index is 1.47. The summed E-state index contributed by atoms with van der Waals surface area (Å²) >= 11 is 0. The number of rotatable bonds is 5. The third-order valence-corrected chi connectivity index (χ3v) is 4.01. The van der Waals surface area contributed by atoms with Crippen molar-refractivity contribution < 1.29 is 0 Å². The highest BCUT2D eigenvalue weighted by Gasteiger charge is 2.13. The number of hydrogen-bond acceptors (Lipinski definition) is 3. The Morgan fingerprint density at radius 1 is 0.875 bits per heavy atom. The van der Waals surface area contributed by atoms with E-state index in [1.165, 1.54) is 77.9 Å². The fraction of sp³-hybridized carbons (Fsp3) is 1.00. The maximum Gasteiger partial charge on any atom is 0.0107 e. The minimum Gasteiger partial charge on any atom is -0.317 e. The van der Waals surface area contributed by atoms with E-state index in [2.05, 4.69) is 15.5 Å². The molecule has 0 saturated carbocycles. The molecule has 2 rings (SSSR count). The molecule has 0 spiro atoms. The quantitative estimate of drug-likeness (QED) is 0.685. The number of nitrogens with one attached hydrogen (secondary N) is 2. The number of unbranched alkanes of at least 4 members (excludes halogenated alkanes) is 1. The van der Waals surface area contributed by atoms with Gasteiger partial charge in [-0.05, 0) is 44.8 Å². The zero-order valence-electron chi connectivity index (χ0n) is 10.5. The number of piperidine rings is 1. The summed E-state index contributed by atoms with van der Waals surface area (Å²) in [6.07, 6.45) is 7.13. The molecule has 0 aliphatic carbocycles. The first-order chi connectivity index (χ1) is 7.95. The molecule has 0 aromatic heterocycles. The molecule has 0 amide bonds. The molecular weight excluding hydrogens is 198 g/mol. The first-order valence-electron chi connectivity index (χ1n) is 7.09. The van der Waals surface area contributed by atoms with Gasteiger partial charge in [0, 0.05) is 26.2 Å². The average Bonchev–Trinajstić information content (AvgIpc) is 2.37. The van der Waals surface area contributed by atoms with Gasteiger partial charge < -0.3 is 15.5 Å². The van der Waals surface area contributed by atoms with E-state index in [1.54, 1.807) is 0 Å². The molecule has 3 heteroatoms. The van der Waals surface area contributed by atoms with Gasteiger partial charge in [0.1, 0.15) is 0 Å². The number of nitrogens with zero attached hydrogens (tertiary/aromatic N) is 1. The van der Waals surface area contributed by atoms with Gasteiger partial charge in [0.15, 0.2) is 0 Å². The van der Waals surface area contributed by atoms with Crippen LogP contribution in [0, 0.1) is 5.92 Å². The second kappa shape index (κ2) is 7.25. The van der Waals surface area contributed by atoms with E-state index >= 15 is 0 Å². The van der Waals surface area contributed by atoms with Crippen LogP contribution in [0.3, 0.4) is 0 Å². The van der Waals surface area contributed by atoms with Gasteiger partial charge >= 0.3 is 0 Å². The largest absolute Gasteiger partial charge is 0.317 e. The van der Waals surface area contributed by atoms with Crippen molar-refractivity contribution >= 4 is 0 Å². The first kappa shape index (κ1) is 12.3. The normalized spacial score (nSPS) is 24.8. The molecule has 2 N–H and O–H groups in total. The summed E-state index contributed by atoms with van der Waals surface area (Å²) in [4.78, 5) is 2.61. The van der Waals surface area contributed by atoms with Crippen LogP contribution in [-0.2, 0) is 0 Å². The van der Waals surface area contributed by atoms with Crippen LogP contribution in [0.2, 0.25) is 0 Å². The van der Waals surface area contributed by atoms with E-state index in [0.29, 0.717) is 0 Å². The van der Waals surface area contributed by atoms with Gasteiger partial charge in [-0.2, -0.15) is 0 Å². The van der Waals surface area contributed by atoms with E-state index in [-0.39, 0.29) is 0 Å². The molecule has 0 radical (unpaired) electrons. The molecule has 2 saturated heterocycles. The summed E-state index contributed by atoms with van der Waals surface area (Å²) in [5.74, 6) is 1.02. The molecule has 0 aromatic rings. The van der Waals surface area contributed by atoms with E-state index in [4.69, 9.17) is 0 Å². The topological polar surface area (TPSA) is 27.3 Å². The van der Waals surface area contributed by atoms with Crippen molar-refractivity contribution in [2.45, 2.75) is 32.1 Å². The Morgan fingerprint density at radius 3 is 2.31 bits per heavy atom. The minimum atomic E-state index is 1.02. The van der Waals surface area contributed by atoms with Crippen LogP contribution in [0.15, 0.2) is 0 Å². The van der Waals surface area contributed by atoms with Crippen LogP contribution in [0.25, 0.3) is 0 Å². The lowest BCUT2D eigenvalue weighted by Gasteiger charge is -2.27. The molecule has 3 nitrogen and oxygen atoms in total. The van der Waals surface area contributed by atoms with E-state index in [1.807, 2.05) is 0 Å². The maximum atomic E-state index is 3.44. The van der Waals surface area contributed by atoms with Crippen molar-refractivity contribution in [2.75, 3.05) is 45.8 Å². The van der Waals surface area contributed by atoms with Crippen LogP contribution in [-0.4, -0.2) is 50.7 Å². The average molecular weight is 225 g/mol. The molecule has 16 heavy (non-hydrogen) atoms. The highest BCUT2D eigenvalue weighted by Crippen LogP contribution is 2.18. The highest BCUT2D eigenvalue weighted by molar-refractivity contribution is 4.70. The summed E-state index contributed by atoms with van der Waals surface area (Å²) in [7, 11) is 0. The van der Waals surface area contributed by atoms with Crippen LogP contribution in [0.5, 0.6) is 0 Å². The fourth-order valence-electron chi connectivity index (χ4n) is 2.87. The summed E-state index contributed by atoms with van der Waals surface area (Å²) in [6.45, 7) is 8.72. The number of hydrogen-bond donors (Lipinski definition) is 2. The van der Waals surface area contributed by atoms with Crippen molar-refractivity contribution in [3.05, 3.63) is 0 Å². The zero-order valence-corrected chi connectivity index (χ0v) is 10.5. The van der Waals surface area contributed by atoms with E-state index in [9.17, 15) is 0 Å². The predicted molar refractivity (Wildman–Crippen MR) is 68.8 cm³/mol. The van der Waals surface area contributed by atoms with Crippen molar-refractivity contribution in [3.8, 4) is 0 Å². The Morgan fingerprint density at radius 2 is 1.56 bits per heavy atom. The molecule has 2 aliphatic rings. The van der Waals surface area contributed by atoms with Gasteiger partial charge in [0.05, 0.1) is 0 Å². The van der Waals surface area contributed by atoms with Gasteiger partial charge in [-0.3, -0.25) is 0 Å². The number of piperazine rings is 1. The Kier molecular flexibility index (Phi) is 5.59. The van der Waals surface area contributed by atoms with Crippen LogP contribution in [0.1, 0.15) is 32.1 Å². The van der Waals surface area contributed by atoms with Crippen LogP contribution in [0.4, 0.5) is 0 Å². The molecule has 2 aliphatic heterocycles. The van der Waals surface area contributed by atoms with Gasteiger partial charge in [0.25, 0.3) is 0 Å². The standard InChI is InChI=1S/C13H27N3/c1(3-13-4-6-14-7-5-13)2-10-16-11-8-15-9-12-16/h13-15H,1-12H2. The highest BCUT2D eigenvalue weighted by atomic mass is 15.2. The SMILES string of the molecule is C(CCN1CCNCC1)CC1CCNCC1. The van der Waals surface area contributed by atoms with E-state index in [0.717, 1.165) is 5.92 Å². The van der Waals surface area contributed by atoms with Crippen molar-refractivity contribution in [2.24, 2.45) is 5.92 Å². The lowest BCUT2D eigenvalue weighted by Crippen LogP contribution is -2.43. The van der Waals surface area contributed by atoms with Gasteiger partial charge in [0.2, 0.25) is 0 Å². The predicted octanol–water partition coefficient (Wildman–Crippen LogP) is 1.06. The summed E-state index contributed by atoms with van der Waals surface area (Å²) in [6, 6.07) is 0. The van der Waals surface area contributed by atoms with Crippen molar-refractivity contribution in [3.63, 3.8) is 0 Å². The lowest BCUT2D eigenvalue weighted by molar-refractivity contribution is 0.232. The maximum absolute atomic E-state index is 3.44. The monoisotopic (exact) mass is 225 g/mol. The first-order valence-corrected chi connectivity index (χ1v) is 7.09. The Labute approximate surface area is 100.0 Å². The lowest BCUT2D eigenvalue weighted by atomic mass is 9.92. The molecule has 0 bridgehead atoms. The molecule has 94 valence electrons. The van der Waals surface area contributed by atoms with E-state index < -0.39 is 0 Å². The van der Waals surface area contributed by atoms with Crippen LogP contribution >= 0.6 is 0 Å². The van der Waals surface area contributed by atoms with Crippen molar-refractivity contribution in [1.29, 1.82) is 0 Å². The Bertz CT molecular complexity index is 152. The molecule has 0 unspecified atom stereocenters. The molecule has 2 heterocycles. The van der Waals surface area contributed by atoms with Gasteiger partial charge in [-0.1, -0.05) is 12.8 Å². The molecule has 2 fully saturated rings. The zero-order chi connectivity index (χ0) is 11.1. The van der Waals surface area contributed by atoms with Crippen molar-refractivity contribution in [1.82, 2.24) is 15.5 Å². The summed E-state index contributed by atoms with van der Waals surface area (Å²) in [5, 5.41) is 6.85.